The molecule has 3 aromatic carbocycles. The molecule has 3 heterocycles. The van der Waals surface area contributed by atoms with Crippen LogP contribution in [0.2, 0.25) is 5.02 Å². The third-order valence-electron chi connectivity index (χ3n) is 7.86. The zero-order valence-corrected chi connectivity index (χ0v) is 27.8. The Balaban J connectivity index is 1.50. The summed E-state index contributed by atoms with van der Waals surface area (Å²) >= 11 is 7.65. The van der Waals surface area contributed by atoms with Crippen LogP contribution >= 0.6 is 22.9 Å². The third kappa shape index (κ3) is 10.4. The summed E-state index contributed by atoms with van der Waals surface area (Å²) in [6.45, 7) is -0.394. The molecule has 0 radical (unpaired) electrons. The number of aliphatic carboxylic acids is 1. The molecule has 0 spiro atoms. The van der Waals surface area contributed by atoms with Crippen molar-refractivity contribution in [3.8, 4) is 5.75 Å². The van der Waals surface area contributed by atoms with E-state index in [0.29, 0.717) is 21.9 Å². The number of carbonyl (C=O) groups excluding carboxylic acids is 4. The Hall–Kier alpha value is -5.20. The van der Waals surface area contributed by atoms with E-state index in [4.69, 9.17) is 16.3 Å². The van der Waals surface area contributed by atoms with Crippen molar-refractivity contribution < 1.29 is 33.8 Å². The summed E-state index contributed by atoms with van der Waals surface area (Å²) in [6.07, 6.45) is 0.161. The van der Waals surface area contributed by atoms with Gasteiger partial charge in [0.25, 0.3) is 5.91 Å². The molecule has 13 heteroatoms. The number of carboxylic acids is 1. The van der Waals surface area contributed by atoms with Gasteiger partial charge in [0.05, 0.1) is 0 Å². The van der Waals surface area contributed by atoms with Crippen LogP contribution in [0.5, 0.6) is 5.75 Å². The van der Waals surface area contributed by atoms with E-state index in [1.54, 1.807) is 72.8 Å². The smallest absolute Gasteiger partial charge is 0.326 e. The minimum atomic E-state index is -1.32. The zero-order chi connectivity index (χ0) is 34.8. The maximum absolute atomic E-state index is 14.1. The number of carboxylic acid groups (broad SMARTS) is 1. The first-order chi connectivity index (χ1) is 23.6. The van der Waals surface area contributed by atoms with Gasteiger partial charge in [0, 0.05) is 35.6 Å². The van der Waals surface area contributed by atoms with Crippen LogP contribution in [0.3, 0.4) is 0 Å². The Labute approximate surface area is 292 Å². The standard InChI is InChI=1S/C36H35ClN4O7S/c37-25-9-4-8-24(16-25)19-29-33(43)39-28(17-22-6-2-1-3-7-22)34(44)41-31(36(46)47)18-23-11-13-26(14-12-23)48-21-32(42)38-30(35(45)40-29)20-27-10-5-15-49-27/h1-16,28-31H,17-21H2,(H,38,42)(H,39,43)(H,40,45)(H,41,44)(H,46,47)/t28?,29-,30+,31+/m1/s1. The topological polar surface area (TPSA) is 163 Å². The summed E-state index contributed by atoms with van der Waals surface area (Å²) in [5.41, 5.74) is 1.95. The number of carbonyl (C=O) groups is 5. The molecule has 4 atom stereocenters. The van der Waals surface area contributed by atoms with Crippen LogP contribution in [0.25, 0.3) is 0 Å². The van der Waals surface area contributed by atoms with Gasteiger partial charge in [-0.2, -0.15) is 0 Å². The normalized spacial score (nSPS) is 20.8. The number of thiophene rings is 1. The van der Waals surface area contributed by atoms with Crippen molar-refractivity contribution in [2.75, 3.05) is 6.61 Å². The second-order valence-corrected chi connectivity index (χ2v) is 13.1. The first kappa shape index (κ1) is 35.1. The van der Waals surface area contributed by atoms with E-state index in [9.17, 15) is 29.1 Å². The molecule has 11 nitrogen and oxygen atoms in total. The summed E-state index contributed by atoms with van der Waals surface area (Å²) in [4.78, 5) is 67.8. The summed E-state index contributed by atoms with van der Waals surface area (Å²) in [5, 5.41) is 23.2. The third-order valence-corrected chi connectivity index (χ3v) is 9.00. The van der Waals surface area contributed by atoms with Crippen LogP contribution in [-0.4, -0.2) is 65.5 Å². The summed E-state index contributed by atoms with van der Waals surface area (Å²) in [7, 11) is 0. The molecule has 2 aliphatic heterocycles. The molecule has 1 unspecified atom stereocenters. The van der Waals surface area contributed by atoms with Gasteiger partial charge in [-0.25, -0.2) is 4.79 Å². The first-order valence-corrected chi connectivity index (χ1v) is 16.8. The van der Waals surface area contributed by atoms with Crippen LogP contribution in [0.15, 0.2) is 96.4 Å². The SMILES string of the molecule is O=C1COc2ccc(cc2)C[C@@H](C(=O)O)NC(=O)C(Cc2ccccc2)NC(=O)[C@@H](Cc2cccc(Cl)c2)NC(=O)[C@H](Cc2cccs2)N1. The van der Waals surface area contributed by atoms with Crippen molar-refractivity contribution in [2.24, 2.45) is 0 Å². The Bertz CT molecular complexity index is 1770. The molecule has 6 rings (SSSR count). The van der Waals surface area contributed by atoms with Crippen molar-refractivity contribution >= 4 is 52.5 Å². The fraction of sp³-hybridized carbons (Fsp3) is 0.250. The molecule has 0 saturated carbocycles. The van der Waals surface area contributed by atoms with E-state index < -0.39 is 60.4 Å². The Kier molecular flexibility index (Phi) is 12.0. The van der Waals surface area contributed by atoms with E-state index in [2.05, 4.69) is 21.3 Å². The Morgan fingerprint density at radius 3 is 2.00 bits per heavy atom. The number of rotatable bonds is 7. The number of hydrogen-bond donors (Lipinski definition) is 5. The number of halogens is 1. The molecule has 5 N–H and O–H groups in total. The molecule has 2 aliphatic rings. The fourth-order valence-corrected chi connectivity index (χ4v) is 6.33. The monoisotopic (exact) mass is 702 g/mol. The van der Waals surface area contributed by atoms with Crippen molar-refractivity contribution in [2.45, 2.75) is 49.9 Å². The van der Waals surface area contributed by atoms with Crippen LogP contribution in [0, 0.1) is 0 Å². The highest BCUT2D eigenvalue weighted by molar-refractivity contribution is 7.09. The highest BCUT2D eigenvalue weighted by atomic mass is 35.5. The van der Waals surface area contributed by atoms with E-state index in [1.165, 1.54) is 11.3 Å². The Morgan fingerprint density at radius 2 is 1.37 bits per heavy atom. The molecule has 0 fully saturated rings. The molecule has 2 bridgehead atoms. The molecular formula is C36H35ClN4O7S. The van der Waals surface area contributed by atoms with Crippen molar-refractivity contribution in [3.63, 3.8) is 0 Å². The lowest BCUT2D eigenvalue weighted by atomic mass is 10.0. The number of fused-ring (bicyclic) bond motifs is 16. The van der Waals surface area contributed by atoms with Crippen molar-refractivity contribution in [1.29, 1.82) is 0 Å². The van der Waals surface area contributed by atoms with E-state index in [0.717, 1.165) is 10.4 Å². The van der Waals surface area contributed by atoms with E-state index >= 15 is 0 Å². The van der Waals surface area contributed by atoms with Crippen molar-refractivity contribution in [1.82, 2.24) is 21.3 Å². The molecule has 0 saturated heterocycles. The summed E-state index contributed by atoms with van der Waals surface area (Å²) in [5.74, 6) is -3.48. The van der Waals surface area contributed by atoms with Crippen LogP contribution in [0.4, 0.5) is 0 Å². The molecule has 4 amide bonds. The molecule has 49 heavy (non-hydrogen) atoms. The van der Waals surface area contributed by atoms with Crippen LogP contribution in [-0.2, 0) is 49.7 Å². The minimum absolute atomic E-state index is 0.00627. The van der Waals surface area contributed by atoms with Gasteiger partial charge in [0.15, 0.2) is 6.61 Å². The second kappa shape index (κ2) is 16.8. The molecular weight excluding hydrogens is 668 g/mol. The maximum atomic E-state index is 14.1. The van der Waals surface area contributed by atoms with E-state index in [1.807, 2.05) is 23.6 Å². The van der Waals surface area contributed by atoms with Gasteiger partial charge in [0.1, 0.15) is 29.9 Å². The van der Waals surface area contributed by atoms with Gasteiger partial charge < -0.3 is 31.1 Å². The minimum Gasteiger partial charge on any atom is -0.484 e. The lowest BCUT2D eigenvalue weighted by Gasteiger charge is -2.26. The Morgan fingerprint density at radius 1 is 0.735 bits per heavy atom. The van der Waals surface area contributed by atoms with Gasteiger partial charge in [-0.1, -0.05) is 72.3 Å². The number of benzene rings is 3. The number of amides is 4. The van der Waals surface area contributed by atoms with Crippen LogP contribution < -0.4 is 26.0 Å². The van der Waals surface area contributed by atoms with Gasteiger partial charge in [-0.05, 0) is 52.4 Å². The first-order valence-electron chi connectivity index (χ1n) is 15.6. The predicted molar refractivity (Wildman–Crippen MR) is 184 cm³/mol. The zero-order valence-electron chi connectivity index (χ0n) is 26.3. The summed E-state index contributed by atoms with van der Waals surface area (Å²) in [6, 6.07) is 21.1. The average molecular weight is 703 g/mol. The maximum Gasteiger partial charge on any atom is 0.326 e. The van der Waals surface area contributed by atoms with Gasteiger partial charge in [-0.15, -0.1) is 11.3 Å². The summed E-state index contributed by atoms with van der Waals surface area (Å²) < 4.78 is 5.64. The molecule has 4 aromatic rings. The van der Waals surface area contributed by atoms with Crippen molar-refractivity contribution in [3.05, 3.63) is 123 Å². The quantitative estimate of drug-likeness (QED) is 0.185. The lowest BCUT2D eigenvalue weighted by Crippen LogP contribution is -2.59. The number of nitrogens with one attached hydrogen (secondary N) is 4. The highest BCUT2D eigenvalue weighted by Crippen LogP contribution is 2.17. The highest BCUT2D eigenvalue weighted by Gasteiger charge is 2.32. The molecule has 254 valence electrons. The number of hydrogen-bond acceptors (Lipinski definition) is 7. The molecule has 0 aliphatic carbocycles. The lowest BCUT2D eigenvalue weighted by molar-refractivity contribution is -0.142. The number of ether oxygens (including phenoxy) is 1. The van der Waals surface area contributed by atoms with Gasteiger partial charge >= 0.3 is 5.97 Å². The second-order valence-electron chi connectivity index (χ2n) is 11.6. The van der Waals surface area contributed by atoms with Crippen LogP contribution in [0.1, 0.15) is 21.6 Å². The van der Waals surface area contributed by atoms with Gasteiger partial charge in [0.2, 0.25) is 17.7 Å². The predicted octanol–water partition coefficient (Wildman–Crippen LogP) is 3.09. The van der Waals surface area contributed by atoms with Gasteiger partial charge in [-0.3, -0.25) is 19.2 Å². The average Bonchev–Trinajstić information content (AvgIpc) is 3.60. The van der Waals surface area contributed by atoms with E-state index in [-0.39, 0.29) is 25.7 Å². The largest absolute Gasteiger partial charge is 0.484 e. The fourth-order valence-electron chi connectivity index (χ4n) is 5.37. The molecule has 1 aromatic heterocycles.